The first kappa shape index (κ1) is 16.1. The number of aromatic nitrogens is 1. The molecule has 1 aromatic heterocycles. The number of rotatable bonds is 8. The Bertz CT molecular complexity index is 443. The van der Waals surface area contributed by atoms with E-state index in [2.05, 4.69) is 17.2 Å². The van der Waals surface area contributed by atoms with Gasteiger partial charge in [0.05, 0.1) is 5.56 Å². The number of nitrogens with one attached hydrogen (secondary N) is 1. The first-order chi connectivity index (χ1) is 9.54. The highest BCUT2D eigenvalue weighted by Gasteiger charge is 2.11. The molecule has 1 rings (SSSR count). The van der Waals surface area contributed by atoms with Gasteiger partial charge >= 0.3 is 5.97 Å². The topological polar surface area (TPSA) is 79.3 Å². The van der Waals surface area contributed by atoms with E-state index in [0.717, 1.165) is 12.8 Å². The molecule has 5 nitrogen and oxygen atoms in total. The minimum Gasteiger partial charge on any atom is -0.477 e. The number of nitrogens with zero attached hydrogens (tertiary/aromatic N) is 1. The normalized spacial score (nSPS) is 11.9. The molecule has 0 spiro atoms. The third kappa shape index (κ3) is 5.38. The molecule has 0 saturated carbocycles. The number of amides is 1. The van der Waals surface area contributed by atoms with Crippen LogP contribution in [0.15, 0.2) is 18.3 Å². The summed E-state index contributed by atoms with van der Waals surface area (Å²) in [6.45, 7) is 4.14. The van der Waals surface area contributed by atoms with Gasteiger partial charge in [0, 0.05) is 12.2 Å². The Morgan fingerprint density at radius 2 is 2.05 bits per heavy atom. The number of pyridine rings is 1. The van der Waals surface area contributed by atoms with Gasteiger partial charge in [-0.1, -0.05) is 32.6 Å². The Morgan fingerprint density at radius 1 is 1.30 bits per heavy atom. The van der Waals surface area contributed by atoms with Crippen molar-refractivity contribution >= 4 is 11.9 Å². The van der Waals surface area contributed by atoms with Gasteiger partial charge in [0.25, 0.3) is 5.91 Å². The predicted molar refractivity (Wildman–Crippen MR) is 76.9 cm³/mol. The average Bonchev–Trinajstić information content (AvgIpc) is 2.43. The third-order valence-corrected chi connectivity index (χ3v) is 3.11. The van der Waals surface area contributed by atoms with Gasteiger partial charge in [-0.3, -0.25) is 4.79 Å². The summed E-state index contributed by atoms with van der Waals surface area (Å²) in [7, 11) is 0. The number of aromatic carboxylic acids is 1. The summed E-state index contributed by atoms with van der Waals surface area (Å²) in [5.74, 6) is -1.31. The number of carboxylic acids is 1. The quantitative estimate of drug-likeness (QED) is 0.717. The van der Waals surface area contributed by atoms with E-state index in [9.17, 15) is 9.59 Å². The van der Waals surface area contributed by atoms with Crippen LogP contribution in [0.5, 0.6) is 0 Å². The van der Waals surface area contributed by atoms with Crippen LogP contribution in [0.3, 0.4) is 0 Å². The second-order valence-electron chi connectivity index (χ2n) is 4.96. The van der Waals surface area contributed by atoms with Crippen molar-refractivity contribution in [2.45, 2.75) is 52.0 Å². The van der Waals surface area contributed by atoms with E-state index in [4.69, 9.17) is 5.11 Å². The standard InChI is InChI=1S/C15H22N2O3/c1-3-4-5-6-7-11(2)17-14(18)12-8-9-13(15(19)20)16-10-12/h8-11H,3-7H2,1-2H3,(H,17,18)(H,19,20). The molecule has 1 atom stereocenters. The van der Waals surface area contributed by atoms with Crippen LogP contribution in [0.25, 0.3) is 0 Å². The zero-order valence-electron chi connectivity index (χ0n) is 12.1. The fraction of sp³-hybridized carbons (Fsp3) is 0.533. The van der Waals surface area contributed by atoms with Crippen LogP contribution >= 0.6 is 0 Å². The molecule has 0 fully saturated rings. The zero-order chi connectivity index (χ0) is 15.0. The minimum absolute atomic E-state index is 0.0610. The van der Waals surface area contributed by atoms with Gasteiger partial charge in [0.15, 0.2) is 0 Å². The first-order valence-electron chi connectivity index (χ1n) is 7.04. The molecule has 0 aliphatic heterocycles. The molecule has 0 radical (unpaired) electrons. The third-order valence-electron chi connectivity index (χ3n) is 3.11. The maximum absolute atomic E-state index is 11.9. The Balaban J connectivity index is 2.43. The first-order valence-corrected chi connectivity index (χ1v) is 7.04. The summed E-state index contributed by atoms with van der Waals surface area (Å²) in [6, 6.07) is 2.93. The van der Waals surface area contributed by atoms with Crippen molar-refractivity contribution in [3.05, 3.63) is 29.6 Å². The van der Waals surface area contributed by atoms with Gasteiger partial charge in [-0.25, -0.2) is 9.78 Å². The van der Waals surface area contributed by atoms with Gasteiger partial charge < -0.3 is 10.4 Å². The minimum atomic E-state index is -1.10. The van der Waals surface area contributed by atoms with Crippen LogP contribution in [-0.4, -0.2) is 28.0 Å². The predicted octanol–water partition coefficient (Wildman–Crippen LogP) is 2.87. The summed E-state index contributed by atoms with van der Waals surface area (Å²) < 4.78 is 0. The molecule has 1 unspecified atom stereocenters. The van der Waals surface area contributed by atoms with E-state index in [-0.39, 0.29) is 17.6 Å². The van der Waals surface area contributed by atoms with E-state index < -0.39 is 5.97 Å². The van der Waals surface area contributed by atoms with Gasteiger partial charge in [0.1, 0.15) is 5.69 Å². The maximum Gasteiger partial charge on any atom is 0.354 e. The van der Waals surface area contributed by atoms with Crippen LogP contribution in [-0.2, 0) is 0 Å². The Morgan fingerprint density at radius 3 is 2.60 bits per heavy atom. The molecule has 0 bridgehead atoms. The monoisotopic (exact) mass is 278 g/mol. The molecule has 0 aromatic carbocycles. The van der Waals surface area contributed by atoms with Gasteiger partial charge in [0.2, 0.25) is 0 Å². The molecule has 110 valence electrons. The van der Waals surface area contributed by atoms with Gasteiger partial charge in [-0.15, -0.1) is 0 Å². The second kappa shape index (κ2) is 8.30. The van der Waals surface area contributed by atoms with Crippen LogP contribution in [0.4, 0.5) is 0 Å². The van der Waals surface area contributed by atoms with Crippen molar-refractivity contribution in [1.82, 2.24) is 10.3 Å². The summed E-state index contributed by atoms with van der Waals surface area (Å²) in [4.78, 5) is 26.3. The number of hydrogen-bond acceptors (Lipinski definition) is 3. The molecule has 20 heavy (non-hydrogen) atoms. The average molecular weight is 278 g/mol. The molecular weight excluding hydrogens is 256 g/mol. The van der Waals surface area contributed by atoms with Crippen LogP contribution < -0.4 is 5.32 Å². The summed E-state index contributed by atoms with van der Waals surface area (Å²) in [5, 5.41) is 11.6. The van der Waals surface area contributed by atoms with Crippen molar-refractivity contribution in [3.63, 3.8) is 0 Å². The number of unbranched alkanes of at least 4 members (excludes halogenated alkanes) is 3. The molecule has 0 aliphatic carbocycles. The molecule has 1 aromatic rings. The van der Waals surface area contributed by atoms with Gasteiger partial charge in [-0.05, 0) is 25.5 Å². The van der Waals surface area contributed by atoms with E-state index in [1.54, 1.807) is 0 Å². The van der Waals surface area contributed by atoms with Crippen molar-refractivity contribution in [3.8, 4) is 0 Å². The largest absolute Gasteiger partial charge is 0.477 e. The van der Waals surface area contributed by atoms with Crippen molar-refractivity contribution in [1.29, 1.82) is 0 Å². The maximum atomic E-state index is 11.9. The molecule has 5 heteroatoms. The smallest absolute Gasteiger partial charge is 0.354 e. The lowest BCUT2D eigenvalue weighted by molar-refractivity contribution is 0.0689. The summed E-state index contributed by atoms with van der Waals surface area (Å²) in [6.07, 6.45) is 6.95. The fourth-order valence-electron chi connectivity index (χ4n) is 1.91. The molecule has 0 saturated heterocycles. The van der Waals surface area contributed by atoms with Gasteiger partial charge in [-0.2, -0.15) is 0 Å². The lowest BCUT2D eigenvalue weighted by Crippen LogP contribution is -2.32. The number of carbonyl (C=O) groups is 2. The van der Waals surface area contributed by atoms with E-state index in [0.29, 0.717) is 5.56 Å². The Labute approximate surface area is 119 Å². The SMILES string of the molecule is CCCCCCC(C)NC(=O)c1ccc(C(=O)O)nc1. The number of carbonyl (C=O) groups excluding carboxylic acids is 1. The lowest BCUT2D eigenvalue weighted by Gasteiger charge is -2.13. The Hall–Kier alpha value is -1.91. The van der Waals surface area contributed by atoms with E-state index in [1.165, 1.54) is 37.6 Å². The zero-order valence-corrected chi connectivity index (χ0v) is 12.1. The van der Waals surface area contributed by atoms with Crippen LogP contribution in [0.1, 0.15) is 66.8 Å². The number of carboxylic acid groups (broad SMARTS) is 1. The highest BCUT2D eigenvalue weighted by molar-refractivity contribution is 5.95. The second-order valence-corrected chi connectivity index (χ2v) is 4.96. The molecule has 0 aliphatic rings. The highest BCUT2D eigenvalue weighted by Crippen LogP contribution is 2.06. The van der Waals surface area contributed by atoms with Crippen LogP contribution in [0.2, 0.25) is 0 Å². The van der Waals surface area contributed by atoms with E-state index in [1.807, 2.05) is 6.92 Å². The van der Waals surface area contributed by atoms with Crippen molar-refractivity contribution < 1.29 is 14.7 Å². The molecule has 1 heterocycles. The molecule has 2 N–H and O–H groups in total. The summed E-state index contributed by atoms with van der Waals surface area (Å²) >= 11 is 0. The lowest BCUT2D eigenvalue weighted by atomic mass is 10.1. The highest BCUT2D eigenvalue weighted by atomic mass is 16.4. The molecular formula is C15H22N2O3. The Kier molecular flexibility index (Phi) is 6.70. The van der Waals surface area contributed by atoms with Crippen molar-refractivity contribution in [2.24, 2.45) is 0 Å². The molecule has 1 amide bonds. The number of hydrogen-bond donors (Lipinski definition) is 2. The summed E-state index contributed by atoms with van der Waals surface area (Å²) in [5.41, 5.74) is 0.324. The van der Waals surface area contributed by atoms with Crippen LogP contribution in [0, 0.1) is 0 Å². The fourth-order valence-corrected chi connectivity index (χ4v) is 1.91. The van der Waals surface area contributed by atoms with E-state index >= 15 is 0 Å². The van der Waals surface area contributed by atoms with Crippen molar-refractivity contribution in [2.75, 3.05) is 0 Å².